The van der Waals surface area contributed by atoms with Crippen molar-refractivity contribution in [2.24, 2.45) is 5.92 Å². The van der Waals surface area contributed by atoms with E-state index in [4.69, 9.17) is 11.6 Å². The van der Waals surface area contributed by atoms with E-state index in [9.17, 15) is 4.39 Å². The smallest absolute Gasteiger partial charge is 0.145 e. The van der Waals surface area contributed by atoms with Crippen LogP contribution in [0.3, 0.4) is 0 Å². The molecule has 0 aliphatic heterocycles. The molecular weight excluding hydrogens is 379 g/mol. The normalized spacial score (nSPS) is 16.7. The largest absolute Gasteiger partial charge is 0.205 e. The first-order valence-electron chi connectivity index (χ1n) is 11.4. The topological polar surface area (TPSA) is 0 Å². The molecule has 0 fully saturated rings. The number of benzene rings is 2. The van der Waals surface area contributed by atoms with Crippen molar-refractivity contribution in [1.82, 2.24) is 0 Å². The van der Waals surface area contributed by atoms with Crippen molar-refractivity contribution in [3.8, 4) is 11.1 Å². The second-order valence-electron chi connectivity index (χ2n) is 8.45. The van der Waals surface area contributed by atoms with Gasteiger partial charge < -0.3 is 0 Å². The molecule has 0 amide bonds. The summed E-state index contributed by atoms with van der Waals surface area (Å²) in [5.74, 6) is 0.605. The van der Waals surface area contributed by atoms with Gasteiger partial charge in [-0.3, -0.25) is 0 Å². The van der Waals surface area contributed by atoms with Crippen LogP contribution >= 0.6 is 11.6 Å². The van der Waals surface area contributed by atoms with Gasteiger partial charge in [0, 0.05) is 5.56 Å². The maximum atomic E-state index is 14.7. The highest BCUT2D eigenvalue weighted by atomic mass is 35.5. The second-order valence-corrected chi connectivity index (χ2v) is 8.82. The number of rotatable bonds is 9. The minimum Gasteiger partial charge on any atom is -0.205 e. The molecule has 1 atom stereocenters. The van der Waals surface area contributed by atoms with Crippen molar-refractivity contribution in [2.45, 2.75) is 78.1 Å². The van der Waals surface area contributed by atoms with E-state index in [2.05, 4.69) is 44.2 Å². The Hall–Kier alpha value is -1.60. The molecule has 156 valence electrons. The Bertz CT molecular complexity index is 819. The Balaban J connectivity index is 1.70. The number of allylic oxidation sites excluding steroid dienone is 2. The molecular formula is C27H34ClF. The highest BCUT2D eigenvalue weighted by Crippen LogP contribution is 2.36. The highest BCUT2D eigenvalue weighted by Gasteiger charge is 2.16. The zero-order chi connectivity index (χ0) is 20.6. The monoisotopic (exact) mass is 412 g/mol. The van der Waals surface area contributed by atoms with Gasteiger partial charge in [-0.25, -0.2) is 4.39 Å². The van der Waals surface area contributed by atoms with E-state index in [1.54, 1.807) is 0 Å². The van der Waals surface area contributed by atoms with Crippen molar-refractivity contribution >= 4 is 17.2 Å². The van der Waals surface area contributed by atoms with Gasteiger partial charge >= 0.3 is 0 Å². The lowest BCUT2D eigenvalue weighted by Crippen LogP contribution is -2.05. The minimum absolute atomic E-state index is 0.252. The fourth-order valence-corrected chi connectivity index (χ4v) is 4.63. The molecule has 1 unspecified atom stereocenters. The Kier molecular flexibility index (Phi) is 8.36. The van der Waals surface area contributed by atoms with Crippen LogP contribution in [0.25, 0.3) is 16.7 Å². The molecule has 0 bridgehead atoms. The van der Waals surface area contributed by atoms with E-state index in [0.717, 1.165) is 54.7 Å². The van der Waals surface area contributed by atoms with Crippen LogP contribution in [-0.2, 0) is 6.42 Å². The van der Waals surface area contributed by atoms with Crippen LogP contribution in [0.15, 0.2) is 42.5 Å². The van der Waals surface area contributed by atoms with Gasteiger partial charge in [0.2, 0.25) is 0 Å². The zero-order valence-electron chi connectivity index (χ0n) is 17.9. The third kappa shape index (κ3) is 5.72. The number of hydrogen-bond acceptors (Lipinski definition) is 0. The highest BCUT2D eigenvalue weighted by molar-refractivity contribution is 6.33. The first-order valence-corrected chi connectivity index (χ1v) is 11.8. The van der Waals surface area contributed by atoms with Crippen molar-refractivity contribution in [3.05, 3.63) is 64.4 Å². The third-order valence-corrected chi connectivity index (χ3v) is 6.63. The SMILES string of the molecule is CCCCCc1ccc(-c2ccc(C3=CCC(CCCC)CC3)cc2)c(Cl)c1F. The maximum absolute atomic E-state index is 14.7. The van der Waals surface area contributed by atoms with Crippen LogP contribution < -0.4 is 0 Å². The number of hydrogen-bond donors (Lipinski definition) is 0. The van der Waals surface area contributed by atoms with Gasteiger partial charge in [0.05, 0.1) is 5.02 Å². The first kappa shape index (κ1) is 22.1. The zero-order valence-corrected chi connectivity index (χ0v) is 18.7. The van der Waals surface area contributed by atoms with Crippen LogP contribution in [0.2, 0.25) is 5.02 Å². The molecule has 0 heterocycles. The maximum Gasteiger partial charge on any atom is 0.145 e. The third-order valence-electron chi connectivity index (χ3n) is 6.26. The molecule has 1 aliphatic rings. The summed E-state index contributed by atoms with van der Waals surface area (Å²) in [6.07, 6.45) is 14.1. The number of halogens is 2. The molecule has 3 rings (SSSR count). The summed E-state index contributed by atoms with van der Waals surface area (Å²) < 4.78 is 14.7. The summed E-state index contributed by atoms with van der Waals surface area (Å²) in [5.41, 5.74) is 5.24. The van der Waals surface area contributed by atoms with Gasteiger partial charge in [0.25, 0.3) is 0 Å². The summed E-state index contributed by atoms with van der Waals surface area (Å²) >= 11 is 6.41. The lowest BCUT2D eigenvalue weighted by Gasteiger charge is -2.22. The lowest BCUT2D eigenvalue weighted by atomic mass is 9.84. The molecule has 29 heavy (non-hydrogen) atoms. The van der Waals surface area contributed by atoms with Gasteiger partial charge in [-0.1, -0.05) is 100 Å². The van der Waals surface area contributed by atoms with E-state index >= 15 is 0 Å². The average molecular weight is 413 g/mol. The molecule has 1 aliphatic carbocycles. The van der Waals surface area contributed by atoms with Crippen molar-refractivity contribution in [3.63, 3.8) is 0 Å². The molecule has 2 heteroatoms. The van der Waals surface area contributed by atoms with Crippen molar-refractivity contribution < 1.29 is 4.39 Å². The Labute approximate surface area is 181 Å². The Morgan fingerprint density at radius 2 is 1.66 bits per heavy atom. The summed E-state index contributed by atoms with van der Waals surface area (Å²) in [6, 6.07) is 12.4. The van der Waals surface area contributed by atoms with Crippen LogP contribution in [0, 0.1) is 11.7 Å². The molecule has 0 nitrogen and oxygen atoms in total. The van der Waals surface area contributed by atoms with Crippen molar-refractivity contribution in [1.29, 1.82) is 0 Å². The molecule has 2 aromatic carbocycles. The van der Waals surface area contributed by atoms with Gasteiger partial charge in [0.1, 0.15) is 5.82 Å². The molecule has 2 aromatic rings. The van der Waals surface area contributed by atoms with E-state index in [0.29, 0.717) is 0 Å². The van der Waals surface area contributed by atoms with E-state index in [1.165, 1.54) is 43.2 Å². The van der Waals surface area contributed by atoms with E-state index in [1.807, 2.05) is 12.1 Å². The summed E-state index contributed by atoms with van der Waals surface area (Å²) in [7, 11) is 0. The predicted octanol–water partition coefficient (Wildman–Crippen LogP) is 9.25. The standard InChI is InChI=1S/C27H34ClF/c1-3-5-7-9-24-18-19-25(26(28)27(24)29)23-16-14-22(15-17-23)21-12-10-20(11-13-21)8-6-4-2/h12,14-20H,3-11,13H2,1-2H3. The molecule has 0 aromatic heterocycles. The second kappa shape index (κ2) is 11.0. The number of aryl methyl sites for hydroxylation is 1. The summed E-state index contributed by atoms with van der Waals surface area (Å²) in [5, 5.41) is 0.252. The Morgan fingerprint density at radius 3 is 2.31 bits per heavy atom. The first-order chi connectivity index (χ1) is 14.1. The van der Waals surface area contributed by atoms with Gasteiger partial charge in [-0.05, 0) is 60.3 Å². The van der Waals surface area contributed by atoms with Crippen LogP contribution in [0.1, 0.15) is 82.8 Å². The van der Waals surface area contributed by atoms with Crippen LogP contribution in [-0.4, -0.2) is 0 Å². The minimum atomic E-state index is -0.252. The molecule has 0 saturated heterocycles. The van der Waals surface area contributed by atoms with Crippen LogP contribution in [0.5, 0.6) is 0 Å². The number of unbranched alkanes of at least 4 members (excludes halogenated alkanes) is 3. The van der Waals surface area contributed by atoms with Gasteiger partial charge in [-0.15, -0.1) is 0 Å². The lowest BCUT2D eigenvalue weighted by molar-refractivity contribution is 0.434. The molecule has 0 spiro atoms. The predicted molar refractivity (Wildman–Crippen MR) is 125 cm³/mol. The molecule has 0 N–H and O–H groups in total. The fraction of sp³-hybridized carbons (Fsp3) is 0.481. The fourth-order valence-electron chi connectivity index (χ4n) is 4.34. The quantitative estimate of drug-likeness (QED) is 0.360. The summed E-state index contributed by atoms with van der Waals surface area (Å²) in [4.78, 5) is 0. The van der Waals surface area contributed by atoms with Gasteiger partial charge in [0.15, 0.2) is 0 Å². The molecule has 0 saturated carbocycles. The average Bonchev–Trinajstić information content (AvgIpc) is 2.76. The Morgan fingerprint density at radius 1 is 0.931 bits per heavy atom. The van der Waals surface area contributed by atoms with Crippen LogP contribution in [0.4, 0.5) is 4.39 Å². The molecule has 0 radical (unpaired) electrons. The van der Waals surface area contributed by atoms with E-state index < -0.39 is 0 Å². The van der Waals surface area contributed by atoms with Crippen molar-refractivity contribution in [2.75, 3.05) is 0 Å². The van der Waals surface area contributed by atoms with E-state index in [-0.39, 0.29) is 10.8 Å². The van der Waals surface area contributed by atoms with Gasteiger partial charge in [-0.2, -0.15) is 0 Å². The summed E-state index contributed by atoms with van der Waals surface area (Å²) in [6.45, 7) is 4.42.